The number of amides is 2. The first-order chi connectivity index (χ1) is 15.5. The highest BCUT2D eigenvalue weighted by Gasteiger charge is 2.71. The standard InChI is InChI=1S/C26H34N2O4/c1-3-31-16-6-15-28-23(24(29)27-19-7-4-5-8-19)26-14-13-20(32-26)21(22(26)25(28)30)18-11-9-17(2)10-12-18/h9-14,19-23H,3-8,15-16H2,1-2H3,(H,27,29)/t20-,21-,22+,23+,26+/m1/s1. The van der Waals surface area contributed by atoms with Gasteiger partial charge >= 0.3 is 0 Å². The van der Waals surface area contributed by atoms with Crippen LogP contribution in [0.4, 0.5) is 0 Å². The van der Waals surface area contributed by atoms with E-state index in [2.05, 4.69) is 42.6 Å². The molecule has 4 aliphatic rings. The number of fused-ring (bicyclic) bond motifs is 1. The molecule has 3 fully saturated rings. The highest BCUT2D eigenvalue weighted by atomic mass is 16.5. The first kappa shape index (κ1) is 21.7. The first-order valence-electron chi connectivity index (χ1n) is 12.2. The average Bonchev–Trinajstić information content (AvgIpc) is 3.55. The lowest BCUT2D eigenvalue weighted by molar-refractivity contribution is -0.139. The van der Waals surface area contributed by atoms with Crippen LogP contribution >= 0.6 is 0 Å². The van der Waals surface area contributed by atoms with Crippen molar-refractivity contribution in [3.63, 3.8) is 0 Å². The number of nitrogens with zero attached hydrogens (tertiary/aromatic N) is 1. The number of benzene rings is 1. The third-order valence-electron chi connectivity index (χ3n) is 7.68. The number of ether oxygens (including phenoxy) is 2. The Morgan fingerprint density at radius 1 is 1.25 bits per heavy atom. The van der Waals surface area contributed by atoms with E-state index in [1.54, 1.807) is 4.90 Å². The molecule has 0 radical (unpaired) electrons. The number of hydrogen-bond donors (Lipinski definition) is 1. The Morgan fingerprint density at radius 2 is 2.00 bits per heavy atom. The van der Waals surface area contributed by atoms with Crippen LogP contribution in [0.15, 0.2) is 36.4 Å². The number of nitrogens with one attached hydrogen (secondary N) is 1. The predicted octanol–water partition coefficient (Wildman–Crippen LogP) is 3.10. The fourth-order valence-corrected chi connectivity index (χ4v) is 6.21. The molecule has 6 heteroatoms. The van der Waals surface area contributed by atoms with Gasteiger partial charge in [-0.15, -0.1) is 0 Å². The van der Waals surface area contributed by atoms with E-state index in [1.165, 1.54) is 5.56 Å². The third-order valence-corrected chi connectivity index (χ3v) is 7.68. The van der Waals surface area contributed by atoms with Gasteiger partial charge in [-0.05, 0) is 38.7 Å². The van der Waals surface area contributed by atoms with E-state index in [-0.39, 0.29) is 35.8 Å². The van der Waals surface area contributed by atoms with Crippen LogP contribution in [0.3, 0.4) is 0 Å². The normalized spacial score (nSPS) is 33.3. The molecule has 1 aliphatic carbocycles. The summed E-state index contributed by atoms with van der Waals surface area (Å²) in [6.07, 6.45) is 8.93. The fourth-order valence-electron chi connectivity index (χ4n) is 6.21. The van der Waals surface area contributed by atoms with Crippen LogP contribution < -0.4 is 5.32 Å². The van der Waals surface area contributed by atoms with E-state index < -0.39 is 11.6 Å². The van der Waals surface area contributed by atoms with Gasteiger partial charge in [-0.1, -0.05) is 54.8 Å². The van der Waals surface area contributed by atoms with Crippen molar-refractivity contribution in [1.82, 2.24) is 10.2 Å². The Hall–Kier alpha value is -2.18. The summed E-state index contributed by atoms with van der Waals surface area (Å²) in [7, 11) is 0. The van der Waals surface area contributed by atoms with Crippen molar-refractivity contribution in [3.8, 4) is 0 Å². The van der Waals surface area contributed by atoms with Crippen LogP contribution in [0.2, 0.25) is 0 Å². The first-order valence-corrected chi connectivity index (χ1v) is 12.2. The van der Waals surface area contributed by atoms with Gasteiger partial charge in [0.25, 0.3) is 0 Å². The molecule has 1 saturated carbocycles. The lowest BCUT2D eigenvalue weighted by atomic mass is 9.72. The Balaban J connectivity index is 1.46. The molecular weight excluding hydrogens is 404 g/mol. The summed E-state index contributed by atoms with van der Waals surface area (Å²) in [6, 6.07) is 7.95. The number of hydrogen-bond acceptors (Lipinski definition) is 4. The summed E-state index contributed by atoms with van der Waals surface area (Å²) in [5, 5.41) is 3.25. The maximum absolute atomic E-state index is 13.8. The van der Waals surface area contributed by atoms with E-state index >= 15 is 0 Å². The summed E-state index contributed by atoms with van der Waals surface area (Å²) in [5.41, 5.74) is 1.41. The van der Waals surface area contributed by atoms with E-state index in [1.807, 2.05) is 13.0 Å². The zero-order chi connectivity index (χ0) is 22.3. The minimum Gasteiger partial charge on any atom is -0.382 e. The molecule has 2 bridgehead atoms. The number of aryl methyl sites for hydroxylation is 1. The molecule has 0 unspecified atom stereocenters. The van der Waals surface area contributed by atoms with Gasteiger partial charge in [-0.3, -0.25) is 9.59 Å². The fraction of sp³-hybridized carbons (Fsp3) is 0.615. The highest BCUT2D eigenvalue weighted by Crippen LogP contribution is 2.58. The van der Waals surface area contributed by atoms with Crippen LogP contribution in [0.5, 0.6) is 0 Å². The van der Waals surface area contributed by atoms with Crippen LogP contribution in [0.25, 0.3) is 0 Å². The van der Waals surface area contributed by atoms with Gasteiger partial charge in [-0.25, -0.2) is 0 Å². The van der Waals surface area contributed by atoms with Crippen LogP contribution in [0.1, 0.15) is 56.1 Å². The second-order valence-corrected chi connectivity index (χ2v) is 9.68. The Bertz CT molecular complexity index is 892. The van der Waals surface area contributed by atoms with E-state index in [4.69, 9.17) is 9.47 Å². The zero-order valence-electron chi connectivity index (χ0n) is 19.1. The maximum atomic E-state index is 13.8. The Morgan fingerprint density at radius 3 is 2.72 bits per heavy atom. The van der Waals surface area contributed by atoms with Gasteiger partial charge in [0.2, 0.25) is 11.8 Å². The van der Waals surface area contributed by atoms with Gasteiger partial charge in [0.1, 0.15) is 11.6 Å². The smallest absolute Gasteiger partial charge is 0.246 e. The van der Waals surface area contributed by atoms with Crippen LogP contribution in [-0.4, -0.2) is 60.3 Å². The van der Waals surface area contributed by atoms with Crippen molar-refractivity contribution >= 4 is 11.8 Å². The second-order valence-electron chi connectivity index (χ2n) is 9.68. The molecule has 2 amide bonds. The molecule has 32 heavy (non-hydrogen) atoms. The lowest BCUT2D eigenvalue weighted by Gasteiger charge is -2.33. The maximum Gasteiger partial charge on any atom is 0.246 e. The number of rotatable bonds is 8. The summed E-state index contributed by atoms with van der Waals surface area (Å²) in [5.74, 6) is -0.470. The van der Waals surface area contributed by atoms with Crippen LogP contribution in [-0.2, 0) is 19.1 Å². The molecule has 0 aromatic heterocycles. The lowest BCUT2D eigenvalue weighted by Crippen LogP contribution is -2.56. The van der Waals surface area contributed by atoms with E-state index in [0.29, 0.717) is 26.2 Å². The summed E-state index contributed by atoms with van der Waals surface area (Å²) < 4.78 is 12.0. The molecular formula is C26H34N2O4. The third kappa shape index (κ3) is 3.48. The molecule has 1 spiro atoms. The van der Waals surface area contributed by atoms with Crippen molar-refractivity contribution in [2.24, 2.45) is 5.92 Å². The molecule has 2 saturated heterocycles. The summed E-state index contributed by atoms with van der Waals surface area (Å²) >= 11 is 0. The molecule has 5 rings (SSSR count). The summed E-state index contributed by atoms with van der Waals surface area (Å²) in [6.45, 7) is 5.76. The monoisotopic (exact) mass is 438 g/mol. The van der Waals surface area contributed by atoms with Gasteiger partial charge in [-0.2, -0.15) is 0 Å². The zero-order valence-corrected chi connectivity index (χ0v) is 19.1. The molecule has 172 valence electrons. The van der Waals surface area contributed by atoms with Gasteiger partial charge < -0.3 is 19.7 Å². The molecule has 5 atom stereocenters. The topological polar surface area (TPSA) is 67.9 Å². The van der Waals surface area contributed by atoms with Crippen molar-refractivity contribution in [1.29, 1.82) is 0 Å². The second kappa shape index (κ2) is 8.64. The molecule has 1 N–H and O–H groups in total. The minimum absolute atomic E-state index is 0.0329. The largest absolute Gasteiger partial charge is 0.382 e. The molecule has 3 heterocycles. The molecule has 1 aromatic carbocycles. The minimum atomic E-state index is -0.883. The van der Waals surface area contributed by atoms with Crippen molar-refractivity contribution < 1.29 is 19.1 Å². The van der Waals surface area contributed by atoms with Crippen molar-refractivity contribution in [3.05, 3.63) is 47.5 Å². The molecule has 6 nitrogen and oxygen atoms in total. The SMILES string of the molecule is CCOCCCN1C(=O)[C@@H]2[C@H](c3ccc(C)cc3)[C@H]3C=C[C@@]2(O3)[C@@H]1C(=O)NC1CCCC1. The molecule has 1 aromatic rings. The average molecular weight is 439 g/mol. The van der Waals surface area contributed by atoms with Crippen LogP contribution in [0, 0.1) is 12.8 Å². The van der Waals surface area contributed by atoms with Gasteiger partial charge in [0.15, 0.2) is 0 Å². The quantitative estimate of drug-likeness (QED) is 0.500. The van der Waals surface area contributed by atoms with Crippen molar-refractivity contribution in [2.45, 2.75) is 75.7 Å². The van der Waals surface area contributed by atoms with Crippen molar-refractivity contribution in [2.75, 3.05) is 19.8 Å². The number of carbonyl (C=O) groups excluding carboxylic acids is 2. The Kier molecular flexibility index (Phi) is 5.84. The number of likely N-dealkylation sites (tertiary alicyclic amines) is 1. The predicted molar refractivity (Wildman–Crippen MR) is 121 cm³/mol. The Labute approximate surface area is 190 Å². The highest BCUT2D eigenvalue weighted by molar-refractivity contribution is 5.97. The van der Waals surface area contributed by atoms with Gasteiger partial charge in [0, 0.05) is 31.7 Å². The van der Waals surface area contributed by atoms with E-state index in [0.717, 1.165) is 31.2 Å². The summed E-state index contributed by atoms with van der Waals surface area (Å²) in [4.78, 5) is 29.2. The van der Waals surface area contributed by atoms with Gasteiger partial charge in [0.05, 0.1) is 12.0 Å². The van der Waals surface area contributed by atoms with E-state index in [9.17, 15) is 9.59 Å². The number of carbonyl (C=O) groups is 2. The molecule has 3 aliphatic heterocycles.